The van der Waals surface area contributed by atoms with E-state index in [4.69, 9.17) is 0 Å². The molecule has 3 heteroatoms. The summed E-state index contributed by atoms with van der Waals surface area (Å²) < 4.78 is 0. The van der Waals surface area contributed by atoms with Gasteiger partial charge in [0.05, 0.1) is 13.2 Å². The van der Waals surface area contributed by atoms with Gasteiger partial charge < -0.3 is 10.2 Å². The third-order valence-corrected chi connectivity index (χ3v) is 11.2. The second-order valence-electron chi connectivity index (χ2n) is 12.9. The highest BCUT2D eigenvalue weighted by atomic mass is 16.3. The van der Waals surface area contributed by atoms with E-state index in [0.717, 1.165) is 44.1 Å². The van der Waals surface area contributed by atoms with Crippen LogP contribution in [0.25, 0.3) is 0 Å². The minimum atomic E-state index is -0.236. The van der Waals surface area contributed by atoms with Gasteiger partial charge in [0.15, 0.2) is 0 Å². The number of fused-ring (bicyclic) bond motifs is 5. The second-order valence-corrected chi connectivity index (χ2v) is 12.9. The first-order chi connectivity index (χ1) is 15.5. The van der Waals surface area contributed by atoms with Crippen LogP contribution in [-0.4, -0.2) is 29.2 Å². The van der Waals surface area contributed by atoms with Crippen molar-refractivity contribution in [1.82, 2.24) is 0 Å². The Morgan fingerprint density at radius 2 is 1.79 bits per heavy atom. The third-order valence-electron chi connectivity index (χ3n) is 11.2. The zero-order valence-electron chi connectivity index (χ0n) is 21.8. The fraction of sp³-hybridized carbons (Fsp3) is 0.767. The number of allylic oxidation sites excluding steroid dienone is 5. The van der Waals surface area contributed by atoms with Gasteiger partial charge in [-0.3, -0.25) is 4.79 Å². The van der Waals surface area contributed by atoms with E-state index in [1.54, 1.807) is 11.1 Å². The minimum absolute atomic E-state index is 0.0476. The van der Waals surface area contributed by atoms with Gasteiger partial charge in [-0.05, 0) is 95.7 Å². The Morgan fingerprint density at radius 1 is 1.09 bits per heavy atom. The highest BCUT2D eigenvalue weighted by molar-refractivity contribution is 5.86. The number of rotatable bonds is 6. The molecule has 0 bridgehead atoms. The summed E-state index contributed by atoms with van der Waals surface area (Å²) >= 11 is 0. The zero-order valence-corrected chi connectivity index (χ0v) is 21.8. The van der Waals surface area contributed by atoms with Crippen molar-refractivity contribution in [1.29, 1.82) is 0 Å². The molecule has 2 fully saturated rings. The molecule has 6 atom stereocenters. The van der Waals surface area contributed by atoms with E-state index in [1.807, 2.05) is 6.08 Å². The second kappa shape index (κ2) is 8.48. The number of Topliss-reactive ketones (excluding diaryl/α,β-unsaturated/α-hetero) is 1. The van der Waals surface area contributed by atoms with Gasteiger partial charge >= 0.3 is 0 Å². The lowest BCUT2D eigenvalue weighted by Gasteiger charge is -2.59. The van der Waals surface area contributed by atoms with E-state index in [2.05, 4.69) is 53.7 Å². The molecule has 4 rings (SSSR count). The van der Waals surface area contributed by atoms with Gasteiger partial charge in [0.25, 0.3) is 0 Å². The fourth-order valence-corrected chi connectivity index (χ4v) is 8.69. The van der Waals surface area contributed by atoms with Crippen molar-refractivity contribution in [3.63, 3.8) is 0 Å². The van der Waals surface area contributed by atoms with Crippen LogP contribution >= 0.6 is 0 Å². The lowest BCUT2D eigenvalue weighted by molar-refractivity contribution is -0.138. The standard InChI is InChI=1S/C30H46O3/c1-20(8-7-9-21(18-31)19-32)22-12-16-30(6)24-10-11-25-27(2,3)26(33)14-15-28(25,4)23(24)13-17-29(22,30)5/h9-10,13,20,22,25,31-32H,7-8,11-12,14-19H2,1-6H3/t20-,22-,25?,28-,29-,30+/m0/s1. The maximum atomic E-state index is 12.8. The Bertz CT molecular complexity index is 886. The molecule has 0 aromatic heterocycles. The molecule has 4 aliphatic rings. The van der Waals surface area contributed by atoms with Gasteiger partial charge in [-0.1, -0.05) is 59.8 Å². The zero-order chi connectivity index (χ0) is 24.2. The Kier molecular flexibility index (Phi) is 6.41. The first-order valence-electron chi connectivity index (χ1n) is 13.3. The van der Waals surface area contributed by atoms with E-state index in [9.17, 15) is 15.0 Å². The third kappa shape index (κ3) is 3.56. The first kappa shape index (κ1) is 24.9. The minimum Gasteiger partial charge on any atom is -0.392 e. The largest absolute Gasteiger partial charge is 0.392 e. The Labute approximate surface area is 201 Å². The molecule has 0 spiro atoms. The predicted octanol–water partition coefficient (Wildman–Crippen LogP) is 6.41. The SMILES string of the molecule is C[C@@H](CCC=C(CO)CO)[C@@H]1CC[C@]2(C)C3=CCC4C(C)(C)C(=O)CC[C@@]4(C)C3=CC[C@@]12C. The molecule has 0 saturated heterocycles. The van der Waals surface area contributed by atoms with Crippen molar-refractivity contribution in [2.75, 3.05) is 13.2 Å². The van der Waals surface area contributed by atoms with Crippen molar-refractivity contribution in [2.24, 2.45) is 39.4 Å². The normalized spacial score (nSPS) is 40.2. The summed E-state index contributed by atoms with van der Waals surface area (Å²) in [5.74, 6) is 2.14. The lowest BCUT2D eigenvalue weighted by Crippen LogP contribution is -2.53. The van der Waals surface area contributed by atoms with E-state index < -0.39 is 0 Å². The monoisotopic (exact) mass is 454 g/mol. The Hall–Kier alpha value is -1.19. The van der Waals surface area contributed by atoms with Crippen molar-refractivity contribution < 1.29 is 15.0 Å². The average molecular weight is 455 g/mol. The number of aliphatic hydroxyl groups is 2. The Balaban J connectivity index is 1.61. The molecule has 0 radical (unpaired) electrons. The van der Waals surface area contributed by atoms with Gasteiger partial charge in [0.2, 0.25) is 0 Å². The quantitative estimate of drug-likeness (QED) is 0.456. The molecule has 0 amide bonds. The molecule has 0 aliphatic heterocycles. The van der Waals surface area contributed by atoms with Gasteiger partial charge in [0, 0.05) is 11.8 Å². The van der Waals surface area contributed by atoms with Crippen LogP contribution in [0, 0.1) is 39.4 Å². The van der Waals surface area contributed by atoms with Crippen molar-refractivity contribution in [2.45, 2.75) is 92.9 Å². The molecule has 2 saturated carbocycles. The van der Waals surface area contributed by atoms with Gasteiger partial charge in [-0.15, -0.1) is 0 Å². The average Bonchev–Trinajstić information content (AvgIpc) is 3.05. The summed E-state index contributed by atoms with van der Waals surface area (Å²) in [6, 6.07) is 0. The number of ketones is 1. The molecule has 0 heterocycles. The van der Waals surface area contributed by atoms with Gasteiger partial charge in [0.1, 0.15) is 5.78 Å². The van der Waals surface area contributed by atoms with Crippen LogP contribution in [0.5, 0.6) is 0 Å². The fourth-order valence-electron chi connectivity index (χ4n) is 8.69. The number of carbonyl (C=O) groups excluding carboxylic acids is 1. The summed E-state index contributed by atoms with van der Waals surface area (Å²) in [6.45, 7) is 14.2. The number of carbonyl (C=O) groups is 1. The van der Waals surface area contributed by atoms with E-state index in [0.29, 0.717) is 23.5 Å². The molecule has 3 nitrogen and oxygen atoms in total. The number of aliphatic hydroxyl groups excluding tert-OH is 2. The molecule has 33 heavy (non-hydrogen) atoms. The van der Waals surface area contributed by atoms with Crippen LogP contribution < -0.4 is 0 Å². The smallest absolute Gasteiger partial charge is 0.138 e. The highest BCUT2D eigenvalue weighted by Gasteiger charge is 2.63. The molecule has 0 aromatic rings. The van der Waals surface area contributed by atoms with Gasteiger partial charge in [-0.2, -0.15) is 0 Å². The summed E-state index contributed by atoms with van der Waals surface area (Å²) in [5.41, 5.74) is 4.26. The lowest BCUT2D eigenvalue weighted by atomic mass is 9.44. The van der Waals surface area contributed by atoms with Crippen LogP contribution in [-0.2, 0) is 4.79 Å². The molecular weight excluding hydrogens is 408 g/mol. The van der Waals surface area contributed by atoms with E-state index in [1.165, 1.54) is 12.8 Å². The molecular formula is C30H46O3. The summed E-state index contributed by atoms with van der Waals surface area (Å²) in [6.07, 6.45) is 15.6. The molecule has 1 unspecified atom stereocenters. The van der Waals surface area contributed by atoms with E-state index >= 15 is 0 Å². The molecule has 2 N–H and O–H groups in total. The highest BCUT2D eigenvalue weighted by Crippen LogP contribution is 2.71. The molecule has 4 aliphatic carbocycles. The Morgan fingerprint density at radius 3 is 2.45 bits per heavy atom. The van der Waals surface area contributed by atoms with Gasteiger partial charge in [-0.25, -0.2) is 0 Å². The van der Waals surface area contributed by atoms with Crippen molar-refractivity contribution >= 4 is 5.78 Å². The topological polar surface area (TPSA) is 57.5 Å². The van der Waals surface area contributed by atoms with Crippen LogP contribution in [0.4, 0.5) is 0 Å². The maximum absolute atomic E-state index is 12.8. The predicted molar refractivity (Wildman–Crippen MR) is 135 cm³/mol. The van der Waals surface area contributed by atoms with Crippen molar-refractivity contribution in [3.05, 3.63) is 34.9 Å². The molecule has 184 valence electrons. The maximum Gasteiger partial charge on any atom is 0.138 e. The van der Waals surface area contributed by atoms with E-state index in [-0.39, 0.29) is 34.9 Å². The van der Waals surface area contributed by atoms with Crippen molar-refractivity contribution in [3.8, 4) is 0 Å². The van der Waals surface area contributed by atoms with Crippen LogP contribution in [0.3, 0.4) is 0 Å². The number of hydrogen-bond donors (Lipinski definition) is 2. The summed E-state index contributed by atoms with van der Waals surface area (Å²) in [7, 11) is 0. The number of hydrogen-bond acceptors (Lipinski definition) is 3. The summed E-state index contributed by atoms with van der Waals surface area (Å²) in [4.78, 5) is 12.8. The van der Waals surface area contributed by atoms with Crippen LogP contribution in [0.2, 0.25) is 0 Å². The van der Waals surface area contributed by atoms with Crippen LogP contribution in [0.1, 0.15) is 92.9 Å². The van der Waals surface area contributed by atoms with Crippen LogP contribution in [0.15, 0.2) is 34.9 Å². The summed E-state index contributed by atoms with van der Waals surface area (Å²) in [5, 5.41) is 18.7. The first-order valence-corrected chi connectivity index (χ1v) is 13.3. The molecule has 0 aromatic carbocycles.